The standard InChI is InChI=1S/C24H24N2O5S2/c1-5-31-24(30)18-14(3)20(15(4)27)33-23(18)26-21(25-22(29)17-7-6-12-32-17)19(28)16-10-8-13(2)9-11-16/h6-12,21,26H,5H2,1-4H3,(H,25,29)/t21-/m1/s1. The summed E-state index contributed by atoms with van der Waals surface area (Å²) >= 11 is 2.30. The van der Waals surface area contributed by atoms with E-state index in [-0.39, 0.29) is 28.7 Å². The van der Waals surface area contributed by atoms with Crippen LogP contribution in [0.4, 0.5) is 5.00 Å². The number of ether oxygens (including phenoxy) is 1. The Morgan fingerprint density at radius 3 is 2.33 bits per heavy atom. The van der Waals surface area contributed by atoms with Gasteiger partial charge in [-0.05, 0) is 44.7 Å². The molecule has 0 radical (unpaired) electrons. The molecule has 172 valence electrons. The van der Waals surface area contributed by atoms with Crippen molar-refractivity contribution in [2.75, 3.05) is 11.9 Å². The molecule has 0 saturated heterocycles. The van der Waals surface area contributed by atoms with Crippen LogP contribution < -0.4 is 10.6 Å². The minimum absolute atomic E-state index is 0.157. The van der Waals surface area contributed by atoms with Crippen molar-refractivity contribution in [3.05, 3.63) is 73.8 Å². The van der Waals surface area contributed by atoms with Gasteiger partial charge in [-0.15, -0.1) is 22.7 Å². The van der Waals surface area contributed by atoms with Crippen molar-refractivity contribution in [3.63, 3.8) is 0 Å². The number of rotatable bonds is 9. The highest BCUT2D eigenvalue weighted by Crippen LogP contribution is 2.34. The molecule has 33 heavy (non-hydrogen) atoms. The van der Waals surface area contributed by atoms with Crippen LogP contribution in [-0.4, -0.2) is 36.2 Å². The lowest BCUT2D eigenvalue weighted by atomic mass is 10.1. The van der Waals surface area contributed by atoms with Gasteiger partial charge < -0.3 is 15.4 Å². The van der Waals surface area contributed by atoms with Crippen molar-refractivity contribution in [1.82, 2.24) is 5.32 Å². The number of thiophene rings is 2. The van der Waals surface area contributed by atoms with Gasteiger partial charge in [0, 0.05) is 5.56 Å². The number of aryl methyl sites for hydroxylation is 1. The molecule has 2 heterocycles. The fourth-order valence-corrected chi connectivity index (χ4v) is 4.94. The lowest BCUT2D eigenvalue weighted by molar-refractivity contribution is 0.0526. The van der Waals surface area contributed by atoms with Crippen LogP contribution in [0.15, 0.2) is 41.8 Å². The Labute approximate surface area is 199 Å². The summed E-state index contributed by atoms with van der Waals surface area (Å²) in [5.74, 6) is -1.63. The highest BCUT2D eigenvalue weighted by molar-refractivity contribution is 7.18. The highest BCUT2D eigenvalue weighted by atomic mass is 32.1. The van der Waals surface area contributed by atoms with Crippen LogP contribution in [0.3, 0.4) is 0 Å². The number of Topliss-reactive ketones (excluding diaryl/α,β-unsaturated/α-hetero) is 2. The maximum absolute atomic E-state index is 13.3. The smallest absolute Gasteiger partial charge is 0.341 e. The van der Waals surface area contributed by atoms with Gasteiger partial charge in [0.15, 0.2) is 11.9 Å². The number of carbonyl (C=O) groups is 4. The minimum atomic E-state index is -1.17. The first-order valence-corrected chi connectivity index (χ1v) is 12.0. The summed E-state index contributed by atoms with van der Waals surface area (Å²) in [6, 6.07) is 10.4. The first kappa shape index (κ1) is 24.3. The molecule has 1 aromatic carbocycles. The third-order valence-corrected chi connectivity index (χ3v) is 7.03. The van der Waals surface area contributed by atoms with Crippen molar-refractivity contribution in [2.45, 2.75) is 33.9 Å². The summed E-state index contributed by atoms with van der Waals surface area (Å²) < 4.78 is 5.17. The van der Waals surface area contributed by atoms with Crippen molar-refractivity contribution in [3.8, 4) is 0 Å². The predicted molar refractivity (Wildman–Crippen MR) is 130 cm³/mol. The van der Waals surface area contributed by atoms with Gasteiger partial charge in [-0.1, -0.05) is 35.9 Å². The molecule has 0 unspecified atom stereocenters. The van der Waals surface area contributed by atoms with E-state index in [2.05, 4.69) is 10.6 Å². The summed E-state index contributed by atoms with van der Waals surface area (Å²) in [6.45, 7) is 6.82. The second-order valence-electron chi connectivity index (χ2n) is 7.30. The third kappa shape index (κ3) is 5.55. The van der Waals surface area contributed by atoms with Gasteiger partial charge in [0.1, 0.15) is 5.00 Å². The van der Waals surface area contributed by atoms with Crippen LogP contribution in [0.1, 0.15) is 65.0 Å². The third-order valence-electron chi connectivity index (χ3n) is 4.84. The van der Waals surface area contributed by atoms with E-state index in [4.69, 9.17) is 4.74 Å². The number of hydrogen-bond donors (Lipinski definition) is 2. The molecule has 1 amide bonds. The fraction of sp³-hybridized carbons (Fsp3) is 0.250. The molecule has 2 N–H and O–H groups in total. The second-order valence-corrected chi connectivity index (χ2v) is 9.26. The Morgan fingerprint density at radius 2 is 1.76 bits per heavy atom. The van der Waals surface area contributed by atoms with Crippen LogP contribution in [0, 0.1) is 13.8 Å². The molecule has 3 rings (SSSR count). The van der Waals surface area contributed by atoms with E-state index in [1.165, 1.54) is 18.3 Å². The molecular formula is C24H24N2O5S2. The zero-order valence-electron chi connectivity index (χ0n) is 18.7. The van der Waals surface area contributed by atoms with Crippen LogP contribution in [0.25, 0.3) is 0 Å². The van der Waals surface area contributed by atoms with Gasteiger partial charge in [0.2, 0.25) is 5.78 Å². The van der Waals surface area contributed by atoms with Gasteiger partial charge in [-0.25, -0.2) is 4.79 Å². The number of anilines is 1. The summed E-state index contributed by atoms with van der Waals surface area (Å²) in [6.07, 6.45) is -1.17. The van der Waals surface area contributed by atoms with E-state index in [1.807, 2.05) is 6.92 Å². The summed E-state index contributed by atoms with van der Waals surface area (Å²) in [5.41, 5.74) is 2.03. The van der Waals surface area contributed by atoms with E-state index in [0.717, 1.165) is 16.9 Å². The number of esters is 1. The van der Waals surface area contributed by atoms with Crippen molar-refractivity contribution >= 4 is 51.1 Å². The molecule has 0 bridgehead atoms. The number of hydrogen-bond acceptors (Lipinski definition) is 8. The van der Waals surface area contributed by atoms with E-state index in [0.29, 0.717) is 20.9 Å². The van der Waals surface area contributed by atoms with Crippen LogP contribution in [0.5, 0.6) is 0 Å². The van der Waals surface area contributed by atoms with E-state index < -0.39 is 18.0 Å². The summed E-state index contributed by atoms with van der Waals surface area (Å²) in [5, 5.41) is 7.76. The quantitative estimate of drug-likeness (QED) is 0.256. The maximum atomic E-state index is 13.3. The molecule has 0 fully saturated rings. The Hall–Kier alpha value is -3.30. The van der Waals surface area contributed by atoms with E-state index >= 15 is 0 Å². The van der Waals surface area contributed by atoms with E-state index in [1.54, 1.807) is 55.6 Å². The Morgan fingerprint density at radius 1 is 1.06 bits per heavy atom. The second kappa shape index (κ2) is 10.5. The first-order valence-electron chi connectivity index (χ1n) is 10.3. The number of carbonyl (C=O) groups excluding carboxylic acids is 4. The molecule has 0 spiro atoms. The van der Waals surface area contributed by atoms with Gasteiger partial charge in [-0.3, -0.25) is 14.4 Å². The summed E-state index contributed by atoms with van der Waals surface area (Å²) in [7, 11) is 0. The van der Waals surface area contributed by atoms with Gasteiger partial charge in [-0.2, -0.15) is 0 Å². The molecule has 2 aromatic heterocycles. The monoisotopic (exact) mass is 484 g/mol. The number of amides is 1. The van der Waals surface area contributed by atoms with Gasteiger partial charge in [0.25, 0.3) is 5.91 Å². The molecule has 3 aromatic rings. The largest absolute Gasteiger partial charge is 0.462 e. The fourth-order valence-electron chi connectivity index (χ4n) is 3.19. The van der Waals surface area contributed by atoms with Gasteiger partial charge >= 0.3 is 5.97 Å². The SMILES string of the molecule is CCOC(=O)c1c(N[C@@H](NC(=O)c2cccs2)C(=O)c2ccc(C)cc2)sc(C(C)=O)c1C. The molecule has 7 nitrogen and oxygen atoms in total. The zero-order valence-corrected chi connectivity index (χ0v) is 20.3. The Balaban J connectivity index is 2.02. The maximum Gasteiger partial charge on any atom is 0.341 e. The highest BCUT2D eigenvalue weighted by Gasteiger charge is 2.29. The zero-order chi connectivity index (χ0) is 24.1. The molecule has 0 aliphatic rings. The normalized spacial score (nSPS) is 11.5. The van der Waals surface area contributed by atoms with Crippen LogP contribution in [0.2, 0.25) is 0 Å². The van der Waals surface area contributed by atoms with Crippen LogP contribution >= 0.6 is 22.7 Å². The van der Waals surface area contributed by atoms with Crippen LogP contribution in [-0.2, 0) is 4.74 Å². The predicted octanol–water partition coefficient (Wildman–Crippen LogP) is 4.86. The van der Waals surface area contributed by atoms with E-state index in [9.17, 15) is 19.2 Å². The Kier molecular flexibility index (Phi) is 7.78. The van der Waals surface area contributed by atoms with Crippen molar-refractivity contribution < 1.29 is 23.9 Å². The number of nitrogens with one attached hydrogen (secondary N) is 2. The molecule has 0 saturated carbocycles. The molecule has 0 aliphatic carbocycles. The molecular weight excluding hydrogens is 460 g/mol. The van der Waals surface area contributed by atoms with Crippen molar-refractivity contribution in [2.24, 2.45) is 0 Å². The molecule has 1 atom stereocenters. The first-order chi connectivity index (χ1) is 15.7. The topological polar surface area (TPSA) is 102 Å². The Bertz CT molecular complexity index is 1180. The lowest BCUT2D eigenvalue weighted by Gasteiger charge is -2.20. The molecule has 0 aliphatic heterocycles. The molecule has 9 heteroatoms. The summed E-state index contributed by atoms with van der Waals surface area (Å²) in [4.78, 5) is 51.7. The van der Waals surface area contributed by atoms with Gasteiger partial charge in [0.05, 0.1) is 21.9 Å². The minimum Gasteiger partial charge on any atom is -0.462 e. The lowest BCUT2D eigenvalue weighted by Crippen LogP contribution is -2.46. The number of ketones is 2. The van der Waals surface area contributed by atoms with Crippen molar-refractivity contribution in [1.29, 1.82) is 0 Å². The number of benzene rings is 1. The average Bonchev–Trinajstić information content (AvgIpc) is 3.42. The average molecular weight is 485 g/mol.